The monoisotopic (exact) mass is 427 g/mol. The zero-order valence-corrected chi connectivity index (χ0v) is 16.8. The molecular weight excluding hydrogens is 406 g/mol. The van der Waals surface area contributed by atoms with Crippen LogP contribution in [0.3, 0.4) is 0 Å². The molecule has 1 heterocycles. The molecule has 0 bridgehead atoms. The lowest BCUT2D eigenvalue weighted by molar-refractivity contribution is -0.118. The molecular formula is C21H21N3O5S. The van der Waals surface area contributed by atoms with Crippen molar-refractivity contribution in [1.82, 2.24) is 5.32 Å². The van der Waals surface area contributed by atoms with Gasteiger partial charge >= 0.3 is 0 Å². The fourth-order valence-corrected chi connectivity index (χ4v) is 3.54. The Kier molecular flexibility index (Phi) is 6.65. The third-order valence-corrected chi connectivity index (χ3v) is 4.95. The molecule has 1 aromatic heterocycles. The number of nitrogens with one attached hydrogen (secondary N) is 2. The minimum Gasteiger partial charge on any atom is -0.459 e. The van der Waals surface area contributed by atoms with Gasteiger partial charge in [-0.2, -0.15) is 0 Å². The molecule has 0 aliphatic heterocycles. The van der Waals surface area contributed by atoms with E-state index in [0.717, 1.165) is 5.56 Å². The summed E-state index contributed by atoms with van der Waals surface area (Å²) in [5.74, 6) is -1.22. The number of furan rings is 1. The van der Waals surface area contributed by atoms with E-state index in [0.29, 0.717) is 11.3 Å². The topological polar surface area (TPSA) is 132 Å². The number of sulfonamides is 1. The van der Waals surface area contributed by atoms with E-state index in [1.165, 1.54) is 18.4 Å². The molecule has 0 aliphatic carbocycles. The zero-order chi connectivity index (χ0) is 21.6. The van der Waals surface area contributed by atoms with Crippen molar-refractivity contribution in [3.05, 3.63) is 89.9 Å². The van der Waals surface area contributed by atoms with E-state index in [-0.39, 0.29) is 17.9 Å². The fraction of sp³-hybridized carbons (Fsp3) is 0.143. The Balaban J connectivity index is 1.77. The highest BCUT2D eigenvalue weighted by molar-refractivity contribution is 7.88. The van der Waals surface area contributed by atoms with Crippen LogP contribution in [-0.4, -0.2) is 26.3 Å². The molecule has 156 valence electrons. The lowest BCUT2D eigenvalue weighted by Crippen LogP contribution is -2.45. The van der Waals surface area contributed by atoms with Gasteiger partial charge in [0.15, 0.2) is 5.76 Å². The van der Waals surface area contributed by atoms with Crippen LogP contribution in [0.25, 0.3) is 0 Å². The van der Waals surface area contributed by atoms with Gasteiger partial charge in [-0.15, -0.1) is 0 Å². The summed E-state index contributed by atoms with van der Waals surface area (Å²) in [7, 11) is -3.70. The third-order valence-electron chi connectivity index (χ3n) is 4.21. The first-order valence-electron chi connectivity index (χ1n) is 9.09. The second-order valence-corrected chi connectivity index (χ2v) is 8.30. The lowest BCUT2D eigenvalue weighted by atomic mass is 10.0. The summed E-state index contributed by atoms with van der Waals surface area (Å²) in [6, 6.07) is 17.8. The standard InChI is InChI=1S/C21H21N3O5S/c22-30(27,28)14-16-8-4-9-17(12-16)23-20(25)18(13-15-6-2-1-3-7-15)24-21(26)19-10-5-11-29-19/h1-12,18H,13-14H2,(H,23,25)(H,24,26)(H2,22,27,28). The van der Waals surface area contributed by atoms with E-state index in [1.807, 2.05) is 30.3 Å². The number of primary sulfonamides is 1. The fourth-order valence-electron chi connectivity index (χ4n) is 2.90. The number of anilines is 1. The van der Waals surface area contributed by atoms with Crippen LogP contribution in [0.5, 0.6) is 0 Å². The molecule has 0 saturated carbocycles. The molecule has 9 heteroatoms. The van der Waals surface area contributed by atoms with Crippen LogP contribution >= 0.6 is 0 Å². The Morgan fingerprint density at radius 3 is 2.37 bits per heavy atom. The summed E-state index contributed by atoms with van der Waals surface area (Å²) in [4.78, 5) is 25.3. The quantitative estimate of drug-likeness (QED) is 0.506. The number of hydrogen-bond acceptors (Lipinski definition) is 5. The summed E-state index contributed by atoms with van der Waals surface area (Å²) >= 11 is 0. The number of carbonyl (C=O) groups excluding carboxylic acids is 2. The SMILES string of the molecule is NS(=O)(=O)Cc1cccc(NC(=O)C(Cc2ccccc2)NC(=O)c2ccco2)c1. The van der Waals surface area contributed by atoms with Crippen molar-refractivity contribution in [2.45, 2.75) is 18.2 Å². The second-order valence-electron chi connectivity index (χ2n) is 6.69. The van der Waals surface area contributed by atoms with Crippen molar-refractivity contribution >= 4 is 27.5 Å². The number of amides is 2. The highest BCUT2D eigenvalue weighted by Crippen LogP contribution is 2.14. The van der Waals surface area contributed by atoms with Crippen molar-refractivity contribution in [1.29, 1.82) is 0 Å². The van der Waals surface area contributed by atoms with Crippen LogP contribution in [0, 0.1) is 0 Å². The molecule has 0 radical (unpaired) electrons. The number of rotatable bonds is 8. The maximum atomic E-state index is 12.9. The minimum absolute atomic E-state index is 0.0935. The normalized spacial score (nSPS) is 12.2. The molecule has 1 unspecified atom stereocenters. The van der Waals surface area contributed by atoms with Crippen molar-refractivity contribution < 1.29 is 22.4 Å². The Hall–Kier alpha value is -3.43. The maximum Gasteiger partial charge on any atom is 0.287 e. The Labute approximate surface area is 174 Å². The molecule has 3 aromatic rings. The smallest absolute Gasteiger partial charge is 0.287 e. The Morgan fingerprint density at radius 2 is 1.70 bits per heavy atom. The summed E-state index contributed by atoms with van der Waals surface area (Å²) in [5.41, 5.74) is 1.70. The Morgan fingerprint density at radius 1 is 0.967 bits per heavy atom. The first-order valence-corrected chi connectivity index (χ1v) is 10.8. The first-order chi connectivity index (χ1) is 14.3. The zero-order valence-electron chi connectivity index (χ0n) is 15.9. The third kappa shape index (κ3) is 6.29. The van der Waals surface area contributed by atoms with Crippen LogP contribution in [0.2, 0.25) is 0 Å². The molecule has 1 atom stereocenters. The maximum absolute atomic E-state index is 12.9. The van der Waals surface area contributed by atoms with Crippen molar-refractivity contribution in [3.8, 4) is 0 Å². The largest absolute Gasteiger partial charge is 0.459 e. The summed E-state index contributed by atoms with van der Waals surface area (Å²) in [6.45, 7) is 0. The van der Waals surface area contributed by atoms with Gasteiger partial charge in [0.05, 0.1) is 12.0 Å². The Bertz CT molecular complexity index is 1110. The number of nitrogens with two attached hydrogens (primary N) is 1. The molecule has 8 nitrogen and oxygen atoms in total. The molecule has 0 saturated heterocycles. The van der Waals surface area contributed by atoms with Gasteiger partial charge in [-0.05, 0) is 35.4 Å². The summed E-state index contributed by atoms with van der Waals surface area (Å²) < 4.78 is 27.7. The highest BCUT2D eigenvalue weighted by atomic mass is 32.2. The molecule has 0 spiro atoms. The van der Waals surface area contributed by atoms with E-state index >= 15 is 0 Å². The van der Waals surface area contributed by atoms with Gasteiger partial charge in [0, 0.05) is 12.1 Å². The van der Waals surface area contributed by atoms with Crippen molar-refractivity contribution in [2.24, 2.45) is 5.14 Å². The van der Waals surface area contributed by atoms with Gasteiger partial charge in [0.2, 0.25) is 15.9 Å². The van der Waals surface area contributed by atoms with E-state index in [1.54, 1.807) is 24.3 Å². The van der Waals surface area contributed by atoms with Crippen LogP contribution in [0.4, 0.5) is 5.69 Å². The van der Waals surface area contributed by atoms with Crippen LogP contribution in [0.1, 0.15) is 21.7 Å². The predicted molar refractivity (Wildman–Crippen MR) is 112 cm³/mol. The van der Waals surface area contributed by atoms with E-state index in [2.05, 4.69) is 10.6 Å². The van der Waals surface area contributed by atoms with Crippen LogP contribution < -0.4 is 15.8 Å². The van der Waals surface area contributed by atoms with Gasteiger partial charge in [-0.3, -0.25) is 9.59 Å². The van der Waals surface area contributed by atoms with E-state index in [9.17, 15) is 18.0 Å². The van der Waals surface area contributed by atoms with Crippen LogP contribution in [0.15, 0.2) is 77.4 Å². The van der Waals surface area contributed by atoms with Crippen LogP contribution in [-0.2, 0) is 27.0 Å². The molecule has 2 aromatic carbocycles. The molecule has 3 rings (SSSR count). The van der Waals surface area contributed by atoms with E-state index in [4.69, 9.17) is 9.56 Å². The average Bonchev–Trinajstić information content (AvgIpc) is 3.22. The summed E-state index contributed by atoms with van der Waals surface area (Å²) in [6.07, 6.45) is 1.63. The number of hydrogen-bond donors (Lipinski definition) is 3. The summed E-state index contributed by atoms with van der Waals surface area (Å²) in [5, 5.41) is 10.5. The van der Waals surface area contributed by atoms with Gasteiger partial charge in [0.25, 0.3) is 5.91 Å². The minimum atomic E-state index is -3.70. The van der Waals surface area contributed by atoms with E-state index < -0.39 is 27.9 Å². The lowest BCUT2D eigenvalue weighted by Gasteiger charge is -2.18. The second kappa shape index (κ2) is 9.38. The average molecular weight is 427 g/mol. The highest BCUT2D eigenvalue weighted by Gasteiger charge is 2.23. The molecule has 30 heavy (non-hydrogen) atoms. The van der Waals surface area contributed by atoms with Gasteiger partial charge < -0.3 is 15.1 Å². The van der Waals surface area contributed by atoms with Crippen molar-refractivity contribution in [2.75, 3.05) is 5.32 Å². The molecule has 4 N–H and O–H groups in total. The van der Waals surface area contributed by atoms with Gasteiger partial charge in [-0.1, -0.05) is 42.5 Å². The molecule has 2 amide bonds. The van der Waals surface area contributed by atoms with Gasteiger partial charge in [-0.25, -0.2) is 13.6 Å². The number of benzene rings is 2. The number of carbonyl (C=O) groups is 2. The molecule has 0 fully saturated rings. The van der Waals surface area contributed by atoms with Gasteiger partial charge in [0.1, 0.15) is 6.04 Å². The predicted octanol–water partition coefficient (Wildman–Crippen LogP) is 2.05. The van der Waals surface area contributed by atoms with Crippen molar-refractivity contribution in [3.63, 3.8) is 0 Å². The first kappa shape index (κ1) is 21.3. The molecule has 0 aliphatic rings.